The van der Waals surface area contributed by atoms with Crippen LogP contribution in [0.25, 0.3) is 0 Å². The van der Waals surface area contributed by atoms with Gasteiger partial charge in [0.05, 0.1) is 5.69 Å². The molecule has 0 bridgehead atoms. The Bertz CT molecular complexity index is 558. The number of aromatic nitrogens is 2. The third-order valence-corrected chi connectivity index (χ3v) is 3.95. The zero-order valence-electron chi connectivity index (χ0n) is 11.0. The molecule has 0 unspecified atom stereocenters. The number of hydrogen-bond acceptors (Lipinski definition) is 2. The molecule has 1 fully saturated rings. The summed E-state index contributed by atoms with van der Waals surface area (Å²) < 4.78 is 15.0. The molecule has 1 N–H and O–H groups in total. The fraction of sp³-hybridized carbons (Fsp3) is 0.400. The molecule has 19 heavy (non-hydrogen) atoms. The van der Waals surface area contributed by atoms with E-state index in [1.807, 2.05) is 30.1 Å². The maximum Gasteiger partial charge on any atom is 0.123 e. The quantitative estimate of drug-likeness (QED) is 0.914. The highest BCUT2D eigenvalue weighted by atomic mass is 19.1. The summed E-state index contributed by atoms with van der Waals surface area (Å²) in [5, 5.41) is 7.67. The standard InChI is InChI=1S/C15H18FN3/c1-19-15(5-6-18-19)10-17-14-8-12(9-14)11-3-2-4-13(16)7-11/h2-7,12,14,17H,8-10H2,1H3. The predicted molar refractivity (Wildman–Crippen MR) is 72.2 cm³/mol. The molecule has 1 saturated carbocycles. The van der Waals surface area contributed by atoms with Gasteiger partial charge in [-0.3, -0.25) is 4.68 Å². The third kappa shape index (κ3) is 2.68. The number of halogens is 1. The number of rotatable bonds is 4. The molecule has 0 aliphatic heterocycles. The van der Waals surface area contributed by atoms with Gasteiger partial charge in [0.1, 0.15) is 5.82 Å². The van der Waals surface area contributed by atoms with Crippen LogP contribution in [0.15, 0.2) is 36.5 Å². The van der Waals surface area contributed by atoms with Crippen LogP contribution >= 0.6 is 0 Å². The molecule has 1 aliphatic rings. The Morgan fingerprint density at radius 3 is 2.89 bits per heavy atom. The molecule has 0 saturated heterocycles. The lowest BCUT2D eigenvalue weighted by Gasteiger charge is -2.36. The second-order valence-electron chi connectivity index (χ2n) is 5.25. The molecule has 4 heteroatoms. The van der Waals surface area contributed by atoms with Crippen LogP contribution in [-0.2, 0) is 13.6 Å². The Morgan fingerprint density at radius 2 is 2.21 bits per heavy atom. The number of nitrogens with one attached hydrogen (secondary N) is 1. The van der Waals surface area contributed by atoms with Crippen LogP contribution < -0.4 is 5.32 Å². The Balaban J connectivity index is 1.49. The highest BCUT2D eigenvalue weighted by molar-refractivity contribution is 5.23. The average Bonchev–Trinajstić information content (AvgIpc) is 2.73. The van der Waals surface area contributed by atoms with E-state index in [2.05, 4.69) is 10.4 Å². The summed E-state index contributed by atoms with van der Waals surface area (Å²) in [6.45, 7) is 0.844. The van der Waals surface area contributed by atoms with E-state index >= 15 is 0 Å². The summed E-state index contributed by atoms with van der Waals surface area (Å²) in [5.74, 6) is 0.364. The molecule has 2 aromatic rings. The van der Waals surface area contributed by atoms with E-state index in [1.165, 1.54) is 11.8 Å². The molecule has 0 spiro atoms. The van der Waals surface area contributed by atoms with E-state index in [0.29, 0.717) is 12.0 Å². The second-order valence-corrected chi connectivity index (χ2v) is 5.25. The zero-order valence-corrected chi connectivity index (χ0v) is 11.0. The van der Waals surface area contributed by atoms with E-state index < -0.39 is 0 Å². The van der Waals surface area contributed by atoms with Gasteiger partial charge in [-0.15, -0.1) is 0 Å². The van der Waals surface area contributed by atoms with Gasteiger partial charge < -0.3 is 5.32 Å². The van der Waals surface area contributed by atoms with Gasteiger partial charge in [0.15, 0.2) is 0 Å². The van der Waals surface area contributed by atoms with Crippen LogP contribution in [0.5, 0.6) is 0 Å². The van der Waals surface area contributed by atoms with E-state index in [9.17, 15) is 4.39 Å². The number of hydrogen-bond donors (Lipinski definition) is 1. The summed E-state index contributed by atoms with van der Waals surface area (Å²) >= 11 is 0. The van der Waals surface area contributed by atoms with Gasteiger partial charge in [0.25, 0.3) is 0 Å². The Morgan fingerprint density at radius 1 is 1.37 bits per heavy atom. The van der Waals surface area contributed by atoms with Crippen molar-refractivity contribution in [1.82, 2.24) is 15.1 Å². The van der Waals surface area contributed by atoms with Crippen molar-refractivity contribution in [3.05, 3.63) is 53.6 Å². The van der Waals surface area contributed by atoms with Crippen LogP contribution in [-0.4, -0.2) is 15.8 Å². The maximum atomic E-state index is 13.1. The number of benzene rings is 1. The minimum Gasteiger partial charge on any atom is -0.308 e. The van der Waals surface area contributed by atoms with Crippen LogP contribution in [0.4, 0.5) is 4.39 Å². The minimum atomic E-state index is -0.135. The summed E-state index contributed by atoms with van der Waals surface area (Å²) in [7, 11) is 1.95. The van der Waals surface area contributed by atoms with Gasteiger partial charge >= 0.3 is 0 Å². The van der Waals surface area contributed by atoms with Crippen molar-refractivity contribution in [2.24, 2.45) is 7.05 Å². The van der Waals surface area contributed by atoms with Gasteiger partial charge in [-0.25, -0.2) is 4.39 Å². The molecule has 100 valence electrons. The molecule has 1 heterocycles. The van der Waals surface area contributed by atoms with Crippen molar-refractivity contribution in [2.45, 2.75) is 31.3 Å². The average molecular weight is 259 g/mol. The van der Waals surface area contributed by atoms with Crippen LogP contribution in [0.3, 0.4) is 0 Å². The molecule has 1 aliphatic carbocycles. The second kappa shape index (κ2) is 5.13. The van der Waals surface area contributed by atoms with E-state index in [1.54, 1.807) is 12.1 Å². The van der Waals surface area contributed by atoms with Crippen molar-refractivity contribution in [3.8, 4) is 0 Å². The summed E-state index contributed by atoms with van der Waals surface area (Å²) in [5.41, 5.74) is 2.31. The first-order chi connectivity index (χ1) is 9.22. The highest BCUT2D eigenvalue weighted by Gasteiger charge is 2.30. The van der Waals surface area contributed by atoms with E-state index in [0.717, 1.165) is 24.9 Å². The van der Waals surface area contributed by atoms with Crippen LogP contribution in [0.1, 0.15) is 30.0 Å². The van der Waals surface area contributed by atoms with Crippen molar-refractivity contribution < 1.29 is 4.39 Å². The Kier molecular flexibility index (Phi) is 3.34. The SMILES string of the molecule is Cn1nccc1CNC1CC(c2cccc(F)c2)C1. The normalized spacial score (nSPS) is 22.2. The van der Waals surface area contributed by atoms with E-state index in [-0.39, 0.29) is 5.82 Å². The molecule has 0 atom stereocenters. The lowest BCUT2D eigenvalue weighted by Crippen LogP contribution is -2.39. The lowest BCUT2D eigenvalue weighted by atomic mass is 9.76. The first kappa shape index (κ1) is 12.4. The van der Waals surface area contributed by atoms with Gasteiger partial charge in [-0.05, 0) is 42.5 Å². The fourth-order valence-electron chi connectivity index (χ4n) is 2.64. The first-order valence-corrected chi connectivity index (χ1v) is 6.68. The molecule has 0 amide bonds. The predicted octanol–water partition coefficient (Wildman–Crippen LogP) is 2.60. The van der Waals surface area contributed by atoms with Gasteiger partial charge in [-0.2, -0.15) is 5.10 Å². The lowest BCUT2D eigenvalue weighted by molar-refractivity contribution is 0.287. The van der Waals surface area contributed by atoms with Gasteiger partial charge in [0, 0.05) is 25.8 Å². The number of aryl methyl sites for hydroxylation is 1. The molecule has 3 nitrogen and oxygen atoms in total. The Labute approximate surface area is 112 Å². The molecule has 1 aromatic carbocycles. The molecular weight excluding hydrogens is 241 g/mol. The van der Waals surface area contributed by atoms with Crippen molar-refractivity contribution >= 4 is 0 Å². The van der Waals surface area contributed by atoms with Crippen molar-refractivity contribution in [3.63, 3.8) is 0 Å². The van der Waals surface area contributed by atoms with E-state index in [4.69, 9.17) is 0 Å². The minimum absolute atomic E-state index is 0.135. The molecule has 3 rings (SSSR count). The van der Waals surface area contributed by atoms with Gasteiger partial charge in [-0.1, -0.05) is 12.1 Å². The topological polar surface area (TPSA) is 29.9 Å². The summed E-state index contributed by atoms with van der Waals surface area (Å²) in [6.07, 6.45) is 3.98. The Hall–Kier alpha value is -1.68. The fourth-order valence-corrected chi connectivity index (χ4v) is 2.64. The largest absolute Gasteiger partial charge is 0.308 e. The van der Waals surface area contributed by atoms with Gasteiger partial charge in [0.2, 0.25) is 0 Å². The number of nitrogens with zero attached hydrogens (tertiary/aromatic N) is 2. The summed E-state index contributed by atoms with van der Waals surface area (Å²) in [4.78, 5) is 0. The van der Waals surface area contributed by atoms with Crippen LogP contribution in [0.2, 0.25) is 0 Å². The van der Waals surface area contributed by atoms with Crippen molar-refractivity contribution in [1.29, 1.82) is 0 Å². The van der Waals surface area contributed by atoms with Crippen molar-refractivity contribution in [2.75, 3.05) is 0 Å². The molecule has 1 aromatic heterocycles. The highest BCUT2D eigenvalue weighted by Crippen LogP contribution is 2.37. The third-order valence-electron chi connectivity index (χ3n) is 3.95. The first-order valence-electron chi connectivity index (χ1n) is 6.68. The smallest absolute Gasteiger partial charge is 0.123 e. The van der Waals surface area contributed by atoms with Crippen LogP contribution in [0, 0.1) is 5.82 Å². The molecule has 0 radical (unpaired) electrons. The monoisotopic (exact) mass is 259 g/mol. The summed E-state index contributed by atoms with van der Waals surface area (Å²) in [6, 6.07) is 9.52. The molecular formula is C15H18FN3. The maximum absolute atomic E-state index is 13.1. The zero-order chi connectivity index (χ0) is 13.2.